The van der Waals surface area contributed by atoms with Gasteiger partial charge in [-0.2, -0.15) is 4.72 Å². The molecule has 2 atom stereocenters. The van der Waals surface area contributed by atoms with Gasteiger partial charge in [-0.05, 0) is 111 Å². The Kier molecular flexibility index (Phi) is 5.61. The van der Waals surface area contributed by atoms with Crippen LogP contribution in [0.4, 0.5) is 0 Å². The van der Waals surface area contributed by atoms with Crippen LogP contribution >= 0.6 is 15.9 Å². The second-order valence-electron chi connectivity index (χ2n) is 11.7. The van der Waals surface area contributed by atoms with E-state index in [1.54, 1.807) is 32.0 Å². The first kappa shape index (κ1) is 23.5. The van der Waals surface area contributed by atoms with Crippen molar-refractivity contribution in [1.29, 1.82) is 0 Å². The molecule has 0 saturated heterocycles. The Bertz CT molecular complexity index is 1080. The lowest BCUT2D eigenvalue weighted by atomic mass is 9.43. The molecule has 2 N–H and O–H groups in total. The van der Waals surface area contributed by atoms with E-state index in [0.717, 1.165) is 51.4 Å². The molecule has 0 aromatic heterocycles. The Morgan fingerprint density at radius 1 is 1.09 bits per heavy atom. The zero-order valence-electron chi connectivity index (χ0n) is 19.3. The third-order valence-electron chi connectivity index (χ3n) is 8.32. The van der Waals surface area contributed by atoms with E-state index >= 15 is 0 Å². The number of ketones is 1. The highest BCUT2D eigenvalue weighted by atomic mass is 79.9. The van der Waals surface area contributed by atoms with Gasteiger partial charge in [0, 0.05) is 16.9 Å². The summed E-state index contributed by atoms with van der Waals surface area (Å²) in [5.74, 6) is 1.08. The van der Waals surface area contributed by atoms with Gasteiger partial charge in [0.1, 0.15) is 0 Å². The Balaban J connectivity index is 1.34. The number of amides is 1. The first-order valence-electron chi connectivity index (χ1n) is 12.0. The average molecular weight is 538 g/mol. The molecular weight excluding hydrogens is 504 g/mol. The van der Waals surface area contributed by atoms with Gasteiger partial charge in [-0.25, -0.2) is 8.42 Å². The molecule has 0 spiro atoms. The van der Waals surface area contributed by atoms with Crippen molar-refractivity contribution >= 4 is 37.6 Å². The highest BCUT2D eigenvalue weighted by Gasteiger charge is 2.61. The van der Waals surface area contributed by atoms with Crippen molar-refractivity contribution in [2.45, 2.75) is 88.1 Å². The van der Waals surface area contributed by atoms with Gasteiger partial charge >= 0.3 is 0 Å². The van der Waals surface area contributed by atoms with Crippen molar-refractivity contribution in [3.05, 3.63) is 28.7 Å². The summed E-state index contributed by atoms with van der Waals surface area (Å²) in [5.41, 5.74) is -1.77. The number of benzene rings is 1. The molecule has 5 saturated carbocycles. The summed E-state index contributed by atoms with van der Waals surface area (Å²) in [4.78, 5) is 26.9. The van der Waals surface area contributed by atoms with E-state index in [1.165, 1.54) is 6.07 Å². The first-order valence-corrected chi connectivity index (χ1v) is 14.3. The maximum Gasteiger partial charge on any atom is 0.242 e. The van der Waals surface area contributed by atoms with Gasteiger partial charge in [0.25, 0.3) is 0 Å². The lowest BCUT2D eigenvalue weighted by Crippen LogP contribution is -2.59. The van der Waals surface area contributed by atoms with Crippen LogP contribution in [0.15, 0.2) is 33.6 Å². The number of Topliss-reactive ketones (excluding diaryl/α,β-unsaturated/α-hetero) is 1. The van der Waals surface area contributed by atoms with Crippen LogP contribution < -0.4 is 10.0 Å². The molecule has 5 aliphatic rings. The van der Waals surface area contributed by atoms with Gasteiger partial charge in [0.15, 0.2) is 5.78 Å². The minimum Gasteiger partial charge on any atom is -0.353 e. The van der Waals surface area contributed by atoms with Crippen LogP contribution in [-0.4, -0.2) is 31.7 Å². The second kappa shape index (κ2) is 7.89. The first-order chi connectivity index (χ1) is 15.4. The zero-order valence-corrected chi connectivity index (χ0v) is 21.7. The molecule has 2 unspecified atom stereocenters. The molecule has 0 heterocycles. The Morgan fingerprint density at radius 2 is 1.73 bits per heavy atom. The molecule has 5 aliphatic carbocycles. The molecule has 6 rings (SSSR count). The number of halogens is 1. The highest BCUT2D eigenvalue weighted by Crippen LogP contribution is 2.66. The van der Waals surface area contributed by atoms with Crippen LogP contribution in [0.5, 0.6) is 0 Å². The highest BCUT2D eigenvalue weighted by molar-refractivity contribution is 9.10. The number of sulfonamides is 1. The van der Waals surface area contributed by atoms with Gasteiger partial charge in [0.2, 0.25) is 15.9 Å². The Hall–Kier alpha value is -1.25. The minimum atomic E-state index is -3.87. The summed E-state index contributed by atoms with van der Waals surface area (Å²) >= 11 is 3.30. The molecule has 1 aromatic carbocycles. The van der Waals surface area contributed by atoms with E-state index < -0.39 is 15.6 Å². The van der Waals surface area contributed by atoms with Gasteiger partial charge < -0.3 is 5.32 Å². The van der Waals surface area contributed by atoms with E-state index in [0.29, 0.717) is 28.8 Å². The van der Waals surface area contributed by atoms with Crippen molar-refractivity contribution in [3.63, 3.8) is 0 Å². The van der Waals surface area contributed by atoms with Crippen LogP contribution in [0.1, 0.15) is 71.6 Å². The van der Waals surface area contributed by atoms with Crippen molar-refractivity contribution in [2.24, 2.45) is 22.7 Å². The summed E-state index contributed by atoms with van der Waals surface area (Å²) in [6, 6.07) is 6.95. The summed E-state index contributed by atoms with van der Waals surface area (Å²) in [6.07, 6.45) is 8.21. The van der Waals surface area contributed by atoms with E-state index in [9.17, 15) is 18.0 Å². The molecule has 180 valence electrons. The van der Waals surface area contributed by atoms with Crippen molar-refractivity contribution in [1.82, 2.24) is 10.0 Å². The molecule has 6 nitrogen and oxygen atoms in total. The third kappa shape index (κ3) is 4.43. The summed E-state index contributed by atoms with van der Waals surface area (Å²) < 4.78 is 29.2. The predicted octanol–water partition coefficient (Wildman–Crippen LogP) is 4.33. The second-order valence-corrected chi connectivity index (χ2v) is 14.3. The zero-order chi connectivity index (χ0) is 23.6. The fraction of sp³-hybridized carbons (Fsp3) is 0.680. The molecule has 5 fully saturated rings. The molecule has 1 amide bonds. The summed E-state index contributed by atoms with van der Waals surface area (Å²) in [5, 5.41) is 3.25. The molecular formula is C25H33BrN2O4S. The van der Waals surface area contributed by atoms with Crippen molar-refractivity contribution in [2.75, 3.05) is 0 Å². The smallest absolute Gasteiger partial charge is 0.242 e. The molecule has 1 aromatic rings. The Labute approximate surface area is 204 Å². The number of carbonyl (C=O) groups excluding carboxylic acids is 2. The van der Waals surface area contributed by atoms with Gasteiger partial charge in [-0.15, -0.1) is 0 Å². The minimum absolute atomic E-state index is 0.0992. The lowest BCUT2D eigenvalue weighted by molar-refractivity contribution is -0.161. The standard InChI is InChI=1S/C25H33BrN2O4S/c1-23(2,28-33(31,32)20-6-4-3-5-19(20)26)21(29)14-24-10-16-9-17(11-24)13-25(12-16,15-24)22(30)27-18-7-8-18/h3-6,16-18,28H,7-15H2,1-2H3,(H,27,30). The third-order valence-corrected chi connectivity index (χ3v) is 11.0. The largest absolute Gasteiger partial charge is 0.353 e. The maximum atomic E-state index is 13.6. The molecule has 8 heteroatoms. The van der Waals surface area contributed by atoms with E-state index in [4.69, 9.17) is 0 Å². The molecule has 0 radical (unpaired) electrons. The SMILES string of the molecule is CC(C)(NS(=O)(=O)c1ccccc1Br)C(=O)CC12CC3CC(C1)CC(C(=O)NC1CC1)(C3)C2. The van der Waals surface area contributed by atoms with Crippen LogP contribution in [0.2, 0.25) is 0 Å². The number of nitrogens with one attached hydrogen (secondary N) is 2. The van der Waals surface area contributed by atoms with E-state index in [2.05, 4.69) is 26.0 Å². The van der Waals surface area contributed by atoms with Crippen LogP contribution in [0.25, 0.3) is 0 Å². The molecule has 0 aliphatic heterocycles. The van der Waals surface area contributed by atoms with Crippen molar-refractivity contribution in [3.8, 4) is 0 Å². The topological polar surface area (TPSA) is 92.3 Å². The van der Waals surface area contributed by atoms with Crippen LogP contribution in [-0.2, 0) is 19.6 Å². The maximum absolute atomic E-state index is 13.6. The summed E-state index contributed by atoms with van der Waals surface area (Å²) in [6.45, 7) is 3.31. The average Bonchev–Trinajstić information content (AvgIpc) is 3.50. The lowest BCUT2D eigenvalue weighted by Gasteiger charge is -2.61. The monoisotopic (exact) mass is 536 g/mol. The van der Waals surface area contributed by atoms with Crippen LogP contribution in [0.3, 0.4) is 0 Å². The predicted molar refractivity (Wildman–Crippen MR) is 129 cm³/mol. The fourth-order valence-electron chi connectivity index (χ4n) is 7.16. The van der Waals surface area contributed by atoms with E-state index in [-0.39, 0.29) is 27.4 Å². The van der Waals surface area contributed by atoms with Crippen LogP contribution in [0, 0.1) is 22.7 Å². The molecule has 33 heavy (non-hydrogen) atoms. The quantitative estimate of drug-likeness (QED) is 0.517. The number of hydrogen-bond acceptors (Lipinski definition) is 4. The van der Waals surface area contributed by atoms with Gasteiger partial charge in [-0.1, -0.05) is 12.1 Å². The molecule has 4 bridgehead atoms. The Morgan fingerprint density at radius 3 is 2.33 bits per heavy atom. The fourth-order valence-corrected chi connectivity index (χ4v) is 9.57. The van der Waals surface area contributed by atoms with E-state index in [1.807, 2.05) is 0 Å². The number of carbonyl (C=O) groups is 2. The number of rotatable bonds is 8. The van der Waals surface area contributed by atoms with Gasteiger partial charge in [0.05, 0.1) is 15.8 Å². The summed E-state index contributed by atoms with van der Waals surface area (Å²) in [7, 11) is -3.87. The number of hydrogen-bond donors (Lipinski definition) is 2. The normalized spacial score (nSPS) is 33.2. The van der Waals surface area contributed by atoms with Gasteiger partial charge in [-0.3, -0.25) is 9.59 Å². The van der Waals surface area contributed by atoms with Crippen molar-refractivity contribution < 1.29 is 18.0 Å².